The molecule has 1 N–H and O–H groups in total. The highest BCUT2D eigenvalue weighted by atomic mass is 19.3. The summed E-state index contributed by atoms with van der Waals surface area (Å²) in [6.45, 7) is 4.30. The van der Waals surface area contributed by atoms with Crippen LogP contribution in [0, 0.1) is 0 Å². The first-order valence-electron chi connectivity index (χ1n) is 6.75. The van der Waals surface area contributed by atoms with Crippen LogP contribution in [0.25, 0.3) is 5.69 Å². The molecule has 0 amide bonds. The zero-order valence-electron chi connectivity index (χ0n) is 12.3. The number of methoxy groups -OCH3 is 1. The molecule has 2 aromatic rings. The fourth-order valence-corrected chi connectivity index (χ4v) is 2.02. The largest absolute Gasteiger partial charge is 0.497 e. The van der Waals surface area contributed by atoms with Crippen molar-refractivity contribution in [3.63, 3.8) is 0 Å². The molecule has 4 nitrogen and oxygen atoms in total. The highest BCUT2D eigenvalue weighted by molar-refractivity contribution is 5.41. The van der Waals surface area contributed by atoms with Crippen LogP contribution in [0.3, 0.4) is 0 Å². The Labute approximate surface area is 122 Å². The van der Waals surface area contributed by atoms with Gasteiger partial charge in [0.25, 0.3) is 6.43 Å². The van der Waals surface area contributed by atoms with Crippen molar-refractivity contribution in [2.24, 2.45) is 0 Å². The molecule has 114 valence electrons. The third-order valence-corrected chi connectivity index (χ3v) is 3.09. The SMILES string of the molecule is COc1cccc(-n2ncc(CNC(C)C)c2C(F)F)c1. The Hall–Kier alpha value is -1.95. The lowest BCUT2D eigenvalue weighted by atomic mass is 10.2. The summed E-state index contributed by atoms with van der Waals surface area (Å²) in [7, 11) is 1.54. The predicted octanol–water partition coefficient (Wildman–Crippen LogP) is 3.32. The molecule has 0 atom stereocenters. The van der Waals surface area contributed by atoms with Gasteiger partial charge in [0.05, 0.1) is 19.0 Å². The zero-order valence-corrected chi connectivity index (χ0v) is 12.3. The van der Waals surface area contributed by atoms with Gasteiger partial charge in [0, 0.05) is 24.2 Å². The summed E-state index contributed by atoms with van der Waals surface area (Å²) in [5.74, 6) is 0.602. The standard InChI is InChI=1S/C15H19F2N3O/c1-10(2)18-8-11-9-19-20(14(11)15(16)17)12-5-4-6-13(7-12)21-3/h4-7,9-10,15,18H,8H2,1-3H3. The summed E-state index contributed by atoms with van der Waals surface area (Å²) in [6.07, 6.45) is -1.11. The quantitative estimate of drug-likeness (QED) is 0.888. The molecule has 1 aromatic heterocycles. The smallest absolute Gasteiger partial charge is 0.280 e. The number of rotatable bonds is 6. The average molecular weight is 295 g/mol. The lowest BCUT2D eigenvalue weighted by Crippen LogP contribution is -2.22. The van der Waals surface area contributed by atoms with Crippen molar-refractivity contribution in [3.8, 4) is 11.4 Å². The molecular weight excluding hydrogens is 276 g/mol. The third kappa shape index (κ3) is 3.58. The normalized spacial score (nSPS) is 11.4. The maximum atomic E-state index is 13.4. The Morgan fingerprint density at radius 2 is 2.10 bits per heavy atom. The molecule has 0 saturated carbocycles. The van der Waals surface area contributed by atoms with E-state index in [2.05, 4.69) is 10.4 Å². The molecule has 0 bridgehead atoms. The number of benzene rings is 1. The first kappa shape index (κ1) is 15.4. The van der Waals surface area contributed by atoms with Crippen LogP contribution >= 0.6 is 0 Å². The van der Waals surface area contributed by atoms with E-state index < -0.39 is 6.43 Å². The van der Waals surface area contributed by atoms with Crippen LogP contribution in [0.2, 0.25) is 0 Å². The number of alkyl halides is 2. The van der Waals surface area contributed by atoms with E-state index in [1.165, 1.54) is 18.0 Å². The number of nitrogens with one attached hydrogen (secondary N) is 1. The molecule has 2 rings (SSSR count). The van der Waals surface area contributed by atoms with Crippen molar-refractivity contribution in [2.45, 2.75) is 32.9 Å². The molecule has 0 aliphatic carbocycles. The molecule has 1 aromatic carbocycles. The first-order chi connectivity index (χ1) is 10.0. The second-order valence-corrected chi connectivity index (χ2v) is 5.00. The molecule has 6 heteroatoms. The highest BCUT2D eigenvalue weighted by Crippen LogP contribution is 2.27. The third-order valence-electron chi connectivity index (χ3n) is 3.09. The summed E-state index contributed by atoms with van der Waals surface area (Å²) in [4.78, 5) is 0. The van der Waals surface area contributed by atoms with E-state index in [-0.39, 0.29) is 11.7 Å². The molecule has 0 aliphatic heterocycles. The topological polar surface area (TPSA) is 39.1 Å². The average Bonchev–Trinajstić information content (AvgIpc) is 2.89. The number of aromatic nitrogens is 2. The monoisotopic (exact) mass is 295 g/mol. The Kier molecular flexibility index (Phi) is 4.90. The summed E-state index contributed by atoms with van der Waals surface area (Å²) in [5, 5.41) is 7.24. The van der Waals surface area contributed by atoms with E-state index in [0.717, 1.165) is 0 Å². The summed E-state index contributed by atoms with van der Waals surface area (Å²) in [5.41, 5.74) is 0.971. The van der Waals surface area contributed by atoms with Crippen LogP contribution in [-0.4, -0.2) is 22.9 Å². The minimum atomic E-state index is -2.59. The van der Waals surface area contributed by atoms with Gasteiger partial charge in [-0.2, -0.15) is 5.10 Å². The van der Waals surface area contributed by atoms with Crippen LogP contribution in [0.15, 0.2) is 30.5 Å². The van der Waals surface area contributed by atoms with Crippen LogP contribution in [0.1, 0.15) is 31.5 Å². The Bertz CT molecular complexity index is 596. The minimum Gasteiger partial charge on any atom is -0.497 e. The number of hydrogen-bond acceptors (Lipinski definition) is 3. The van der Waals surface area contributed by atoms with Crippen molar-refractivity contribution in [3.05, 3.63) is 41.7 Å². The molecule has 1 heterocycles. The first-order valence-corrected chi connectivity index (χ1v) is 6.75. The molecule has 0 radical (unpaired) electrons. The van der Waals surface area contributed by atoms with Crippen molar-refractivity contribution in [1.29, 1.82) is 0 Å². The lowest BCUT2D eigenvalue weighted by molar-refractivity contribution is 0.141. The summed E-state index contributed by atoms with van der Waals surface area (Å²) >= 11 is 0. The minimum absolute atomic E-state index is 0.0867. The molecule has 0 aliphatic rings. The molecule has 21 heavy (non-hydrogen) atoms. The van der Waals surface area contributed by atoms with E-state index in [1.807, 2.05) is 13.8 Å². The van der Waals surface area contributed by atoms with Gasteiger partial charge in [0.15, 0.2) is 0 Å². The van der Waals surface area contributed by atoms with Crippen molar-refractivity contribution in [2.75, 3.05) is 7.11 Å². The van der Waals surface area contributed by atoms with Crippen molar-refractivity contribution < 1.29 is 13.5 Å². The van der Waals surface area contributed by atoms with Crippen LogP contribution in [0.5, 0.6) is 5.75 Å². The van der Waals surface area contributed by atoms with Crippen LogP contribution in [-0.2, 0) is 6.54 Å². The van der Waals surface area contributed by atoms with Crippen LogP contribution < -0.4 is 10.1 Å². The highest BCUT2D eigenvalue weighted by Gasteiger charge is 2.21. The van der Waals surface area contributed by atoms with Gasteiger partial charge in [-0.05, 0) is 12.1 Å². The number of hydrogen-bond donors (Lipinski definition) is 1. The van der Waals surface area contributed by atoms with Gasteiger partial charge in [-0.25, -0.2) is 13.5 Å². The molecule has 0 unspecified atom stereocenters. The Balaban J connectivity index is 2.39. The Morgan fingerprint density at radius 1 is 1.33 bits per heavy atom. The van der Waals surface area contributed by atoms with E-state index in [4.69, 9.17) is 4.74 Å². The van der Waals surface area contributed by atoms with Gasteiger partial charge in [-0.3, -0.25) is 0 Å². The second kappa shape index (κ2) is 6.67. The van der Waals surface area contributed by atoms with Gasteiger partial charge >= 0.3 is 0 Å². The number of nitrogens with zero attached hydrogens (tertiary/aromatic N) is 2. The van der Waals surface area contributed by atoms with E-state index in [9.17, 15) is 8.78 Å². The molecule has 0 saturated heterocycles. The van der Waals surface area contributed by atoms with E-state index in [1.54, 1.807) is 24.3 Å². The lowest BCUT2D eigenvalue weighted by Gasteiger charge is -2.11. The maximum Gasteiger partial charge on any atom is 0.280 e. The van der Waals surface area contributed by atoms with Gasteiger partial charge < -0.3 is 10.1 Å². The molecule has 0 spiro atoms. The van der Waals surface area contributed by atoms with E-state index in [0.29, 0.717) is 23.5 Å². The second-order valence-electron chi connectivity index (χ2n) is 5.00. The molecular formula is C15H19F2N3O. The predicted molar refractivity (Wildman–Crippen MR) is 77.0 cm³/mol. The fourth-order valence-electron chi connectivity index (χ4n) is 2.02. The van der Waals surface area contributed by atoms with Crippen molar-refractivity contribution in [1.82, 2.24) is 15.1 Å². The van der Waals surface area contributed by atoms with Gasteiger partial charge in [-0.1, -0.05) is 19.9 Å². The fraction of sp³-hybridized carbons (Fsp3) is 0.400. The number of ether oxygens (including phenoxy) is 1. The maximum absolute atomic E-state index is 13.4. The number of halogens is 2. The van der Waals surface area contributed by atoms with Gasteiger partial charge in [0.1, 0.15) is 11.4 Å². The van der Waals surface area contributed by atoms with E-state index >= 15 is 0 Å². The van der Waals surface area contributed by atoms with Gasteiger partial charge in [-0.15, -0.1) is 0 Å². The van der Waals surface area contributed by atoms with Crippen molar-refractivity contribution >= 4 is 0 Å². The zero-order chi connectivity index (χ0) is 15.4. The summed E-state index contributed by atoms with van der Waals surface area (Å²) in [6, 6.07) is 7.13. The van der Waals surface area contributed by atoms with Gasteiger partial charge in [0.2, 0.25) is 0 Å². The molecule has 0 fully saturated rings. The summed E-state index contributed by atoms with van der Waals surface area (Å²) < 4.78 is 33.2. The van der Waals surface area contributed by atoms with Crippen LogP contribution in [0.4, 0.5) is 8.78 Å². The Morgan fingerprint density at radius 3 is 2.71 bits per heavy atom.